The van der Waals surface area contributed by atoms with Gasteiger partial charge in [0.2, 0.25) is 5.91 Å². The van der Waals surface area contributed by atoms with Crippen LogP contribution in [-0.4, -0.2) is 42.9 Å². The number of nitrogens with one attached hydrogen (secondary N) is 1. The van der Waals surface area contributed by atoms with Crippen LogP contribution in [0.3, 0.4) is 0 Å². The van der Waals surface area contributed by atoms with Crippen molar-refractivity contribution < 1.29 is 9.59 Å². The van der Waals surface area contributed by atoms with Gasteiger partial charge in [-0.15, -0.1) is 0 Å². The second kappa shape index (κ2) is 7.20. The Kier molecular flexibility index (Phi) is 4.61. The predicted octanol–water partition coefficient (Wildman–Crippen LogP) is 3.00. The molecule has 1 aliphatic heterocycles. The molecule has 2 aliphatic rings. The fraction of sp³-hybridized carbons (Fsp3) is 0.333. The maximum atomic E-state index is 12.8. The molecule has 2 fully saturated rings. The van der Waals surface area contributed by atoms with Gasteiger partial charge in [-0.25, -0.2) is 0 Å². The average Bonchev–Trinajstić information content (AvgIpc) is 3.54. The predicted molar refractivity (Wildman–Crippen MR) is 102 cm³/mol. The van der Waals surface area contributed by atoms with E-state index < -0.39 is 0 Å². The Morgan fingerprint density at radius 3 is 2.31 bits per heavy atom. The molecule has 26 heavy (non-hydrogen) atoms. The minimum atomic E-state index is 0.0280. The normalized spacial score (nSPS) is 17.1. The van der Waals surface area contributed by atoms with E-state index in [4.69, 9.17) is 0 Å². The fourth-order valence-corrected chi connectivity index (χ4v) is 3.31. The number of nitrogens with zero attached hydrogens (tertiary/aromatic N) is 2. The first kappa shape index (κ1) is 16.6. The number of carbonyl (C=O) groups is 2. The summed E-state index contributed by atoms with van der Waals surface area (Å²) >= 11 is 0. The summed E-state index contributed by atoms with van der Waals surface area (Å²) in [7, 11) is 0. The van der Waals surface area contributed by atoms with Crippen molar-refractivity contribution >= 4 is 23.2 Å². The molecule has 0 radical (unpaired) electrons. The first-order valence-corrected chi connectivity index (χ1v) is 9.21. The maximum Gasteiger partial charge on any atom is 0.254 e. The largest absolute Gasteiger partial charge is 0.368 e. The van der Waals surface area contributed by atoms with Crippen molar-refractivity contribution in [2.24, 2.45) is 5.92 Å². The summed E-state index contributed by atoms with van der Waals surface area (Å²) in [6.07, 6.45) is 1.94. The zero-order valence-corrected chi connectivity index (χ0v) is 14.7. The SMILES string of the molecule is O=C(Nc1cccc(C(=O)N2CCN(c3ccccc3)CC2)c1)C1CC1. The van der Waals surface area contributed by atoms with Crippen molar-refractivity contribution in [3.63, 3.8) is 0 Å². The number of para-hydroxylation sites is 1. The van der Waals surface area contributed by atoms with E-state index in [1.807, 2.05) is 41.3 Å². The summed E-state index contributed by atoms with van der Waals surface area (Å²) in [5, 5.41) is 2.91. The van der Waals surface area contributed by atoms with Crippen molar-refractivity contribution in [2.75, 3.05) is 36.4 Å². The summed E-state index contributed by atoms with van der Waals surface area (Å²) in [6, 6.07) is 17.6. The van der Waals surface area contributed by atoms with E-state index in [1.165, 1.54) is 5.69 Å². The lowest BCUT2D eigenvalue weighted by atomic mass is 10.1. The highest BCUT2D eigenvalue weighted by atomic mass is 16.2. The van der Waals surface area contributed by atoms with Crippen LogP contribution in [0.4, 0.5) is 11.4 Å². The smallest absolute Gasteiger partial charge is 0.254 e. The molecule has 1 N–H and O–H groups in total. The van der Waals surface area contributed by atoms with Crippen molar-refractivity contribution in [3.8, 4) is 0 Å². The monoisotopic (exact) mass is 349 g/mol. The molecule has 0 atom stereocenters. The van der Waals surface area contributed by atoms with Gasteiger partial charge in [-0.2, -0.15) is 0 Å². The standard InChI is InChI=1S/C21H23N3O2/c25-20(16-9-10-16)22-18-6-4-5-17(15-18)21(26)24-13-11-23(12-14-24)19-7-2-1-3-8-19/h1-8,15-16H,9-14H2,(H,22,25). The highest BCUT2D eigenvalue weighted by Gasteiger charge is 2.29. The van der Waals surface area contributed by atoms with Crippen LogP contribution in [0.15, 0.2) is 54.6 Å². The van der Waals surface area contributed by atoms with Gasteiger partial charge in [0, 0.05) is 49.0 Å². The van der Waals surface area contributed by atoms with Gasteiger partial charge < -0.3 is 15.1 Å². The third kappa shape index (κ3) is 3.72. The van der Waals surface area contributed by atoms with Gasteiger partial charge in [-0.05, 0) is 43.2 Å². The van der Waals surface area contributed by atoms with E-state index in [1.54, 1.807) is 6.07 Å². The lowest BCUT2D eigenvalue weighted by molar-refractivity contribution is -0.117. The van der Waals surface area contributed by atoms with Crippen LogP contribution in [0, 0.1) is 5.92 Å². The molecular formula is C21H23N3O2. The Labute approximate surface area is 153 Å². The van der Waals surface area contributed by atoms with Crippen LogP contribution in [0.1, 0.15) is 23.2 Å². The molecule has 5 heteroatoms. The molecule has 1 saturated carbocycles. The highest BCUT2D eigenvalue weighted by Crippen LogP contribution is 2.30. The topological polar surface area (TPSA) is 52.7 Å². The van der Waals surface area contributed by atoms with Gasteiger partial charge in [-0.1, -0.05) is 24.3 Å². The zero-order chi connectivity index (χ0) is 17.9. The molecule has 0 spiro atoms. The van der Waals surface area contributed by atoms with Crippen LogP contribution in [-0.2, 0) is 4.79 Å². The summed E-state index contributed by atoms with van der Waals surface area (Å²) in [5.41, 5.74) is 2.53. The third-order valence-electron chi connectivity index (χ3n) is 5.01. The molecule has 134 valence electrons. The van der Waals surface area contributed by atoms with E-state index in [-0.39, 0.29) is 17.7 Å². The van der Waals surface area contributed by atoms with Crippen molar-refractivity contribution in [1.29, 1.82) is 0 Å². The van der Waals surface area contributed by atoms with Crippen molar-refractivity contribution in [1.82, 2.24) is 4.90 Å². The first-order valence-electron chi connectivity index (χ1n) is 9.21. The molecule has 1 heterocycles. The van der Waals surface area contributed by atoms with Gasteiger partial charge >= 0.3 is 0 Å². The number of piperazine rings is 1. The Bertz CT molecular complexity index is 794. The first-order chi connectivity index (χ1) is 12.7. The molecule has 0 bridgehead atoms. The number of amides is 2. The Hall–Kier alpha value is -2.82. The number of anilines is 2. The van der Waals surface area contributed by atoms with Crippen LogP contribution in [0.5, 0.6) is 0 Å². The van der Waals surface area contributed by atoms with E-state index in [0.717, 1.165) is 25.9 Å². The molecule has 0 aromatic heterocycles. The lowest BCUT2D eigenvalue weighted by Crippen LogP contribution is -2.48. The number of rotatable bonds is 4. The third-order valence-corrected chi connectivity index (χ3v) is 5.01. The molecular weight excluding hydrogens is 326 g/mol. The van der Waals surface area contributed by atoms with Crippen LogP contribution in [0.25, 0.3) is 0 Å². The second-order valence-electron chi connectivity index (χ2n) is 6.96. The molecule has 5 nitrogen and oxygen atoms in total. The van der Waals surface area contributed by atoms with Gasteiger partial charge in [0.05, 0.1) is 0 Å². The minimum absolute atomic E-state index is 0.0280. The molecule has 0 unspecified atom stereocenters. The van der Waals surface area contributed by atoms with E-state index in [2.05, 4.69) is 22.3 Å². The highest BCUT2D eigenvalue weighted by molar-refractivity contribution is 5.98. The summed E-state index contributed by atoms with van der Waals surface area (Å²) in [6.45, 7) is 3.06. The Morgan fingerprint density at radius 1 is 0.885 bits per heavy atom. The number of benzene rings is 2. The molecule has 2 amide bonds. The van der Waals surface area contributed by atoms with E-state index >= 15 is 0 Å². The van der Waals surface area contributed by atoms with E-state index in [9.17, 15) is 9.59 Å². The average molecular weight is 349 g/mol. The number of hydrogen-bond donors (Lipinski definition) is 1. The van der Waals surface area contributed by atoms with E-state index in [0.29, 0.717) is 24.3 Å². The van der Waals surface area contributed by atoms with Gasteiger partial charge in [0.15, 0.2) is 0 Å². The summed E-state index contributed by atoms with van der Waals surface area (Å²) in [5.74, 6) is 0.242. The van der Waals surface area contributed by atoms with Crippen LogP contribution in [0.2, 0.25) is 0 Å². The molecule has 1 aliphatic carbocycles. The van der Waals surface area contributed by atoms with Gasteiger partial charge in [0.1, 0.15) is 0 Å². The minimum Gasteiger partial charge on any atom is -0.368 e. The van der Waals surface area contributed by atoms with Crippen LogP contribution >= 0.6 is 0 Å². The Balaban J connectivity index is 1.38. The maximum absolute atomic E-state index is 12.8. The molecule has 4 rings (SSSR count). The van der Waals surface area contributed by atoms with Crippen molar-refractivity contribution in [2.45, 2.75) is 12.8 Å². The lowest BCUT2D eigenvalue weighted by Gasteiger charge is -2.36. The van der Waals surface area contributed by atoms with Crippen LogP contribution < -0.4 is 10.2 Å². The second-order valence-corrected chi connectivity index (χ2v) is 6.96. The fourth-order valence-electron chi connectivity index (χ4n) is 3.31. The summed E-state index contributed by atoms with van der Waals surface area (Å²) in [4.78, 5) is 28.9. The molecule has 2 aromatic carbocycles. The molecule has 1 saturated heterocycles. The van der Waals surface area contributed by atoms with Crippen molar-refractivity contribution in [3.05, 3.63) is 60.2 Å². The number of carbonyl (C=O) groups excluding carboxylic acids is 2. The quantitative estimate of drug-likeness (QED) is 0.923. The molecule has 2 aromatic rings. The summed E-state index contributed by atoms with van der Waals surface area (Å²) < 4.78 is 0. The number of hydrogen-bond acceptors (Lipinski definition) is 3. The zero-order valence-electron chi connectivity index (χ0n) is 14.7. The van der Waals surface area contributed by atoms with Gasteiger partial charge in [-0.3, -0.25) is 9.59 Å². The Morgan fingerprint density at radius 2 is 1.62 bits per heavy atom. The van der Waals surface area contributed by atoms with Gasteiger partial charge in [0.25, 0.3) is 5.91 Å².